The van der Waals surface area contributed by atoms with Crippen molar-refractivity contribution in [3.05, 3.63) is 29.8 Å². The van der Waals surface area contributed by atoms with Crippen LogP contribution >= 0.6 is 0 Å². The second-order valence-electron chi connectivity index (χ2n) is 5.41. The van der Waals surface area contributed by atoms with Crippen LogP contribution in [0.1, 0.15) is 30.1 Å². The summed E-state index contributed by atoms with van der Waals surface area (Å²) in [5, 5.41) is 3.04. The maximum atomic E-state index is 12.1. The number of hydrogen-bond acceptors (Lipinski definition) is 3. The van der Waals surface area contributed by atoms with Gasteiger partial charge in [-0.15, -0.1) is 0 Å². The van der Waals surface area contributed by atoms with Gasteiger partial charge in [0, 0.05) is 12.1 Å². The van der Waals surface area contributed by atoms with Crippen LogP contribution in [0.2, 0.25) is 0 Å². The number of benzene rings is 1. The van der Waals surface area contributed by atoms with E-state index in [1.54, 1.807) is 0 Å². The molecule has 0 saturated carbocycles. The molecule has 1 aliphatic rings. The predicted octanol–water partition coefficient (Wildman–Crippen LogP) is 2.16. The molecule has 0 atom stereocenters. The molecule has 2 rings (SSSR count). The monoisotopic (exact) mass is 276 g/mol. The number of carbonyl (C=O) groups excluding carboxylic acids is 1. The van der Waals surface area contributed by atoms with Gasteiger partial charge in [-0.3, -0.25) is 4.79 Å². The van der Waals surface area contributed by atoms with Crippen molar-refractivity contribution in [3.8, 4) is 5.75 Å². The van der Waals surface area contributed by atoms with Gasteiger partial charge in [0.2, 0.25) is 0 Å². The first-order valence-electron chi connectivity index (χ1n) is 7.38. The molecule has 1 aromatic carbocycles. The summed E-state index contributed by atoms with van der Waals surface area (Å²) in [5.74, 6) is 1.42. The lowest BCUT2D eigenvalue weighted by Gasteiger charge is -2.28. The summed E-state index contributed by atoms with van der Waals surface area (Å²) in [5.41, 5.74) is 0.696. The van der Waals surface area contributed by atoms with Crippen LogP contribution < -0.4 is 10.1 Å². The number of likely N-dealkylation sites (tertiary alicyclic amines) is 1. The molecule has 1 aromatic rings. The summed E-state index contributed by atoms with van der Waals surface area (Å²) in [4.78, 5) is 14.4. The van der Waals surface area contributed by atoms with Crippen molar-refractivity contribution in [3.63, 3.8) is 0 Å². The Morgan fingerprint density at radius 2 is 1.95 bits per heavy atom. The first kappa shape index (κ1) is 14.9. The molecule has 0 aliphatic carbocycles. The molecule has 110 valence electrons. The van der Waals surface area contributed by atoms with Gasteiger partial charge >= 0.3 is 0 Å². The summed E-state index contributed by atoms with van der Waals surface area (Å²) in [6.07, 6.45) is 2.33. The highest BCUT2D eigenvalue weighted by molar-refractivity contribution is 5.94. The van der Waals surface area contributed by atoms with E-state index in [4.69, 9.17) is 4.74 Å². The quantitative estimate of drug-likeness (QED) is 0.896. The van der Waals surface area contributed by atoms with E-state index in [-0.39, 0.29) is 5.91 Å². The fourth-order valence-corrected chi connectivity index (χ4v) is 2.47. The van der Waals surface area contributed by atoms with Crippen LogP contribution in [0.15, 0.2) is 24.3 Å². The smallest absolute Gasteiger partial charge is 0.251 e. The average Bonchev–Trinajstić information content (AvgIpc) is 2.47. The third-order valence-electron chi connectivity index (χ3n) is 3.82. The number of nitrogens with zero attached hydrogens (tertiary/aromatic N) is 1. The Labute approximate surface area is 121 Å². The van der Waals surface area contributed by atoms with Crippen LogP contribution in [0.5, 0.6) is 5.75 Å². The largest absolute Gasteiger partial charge is 0.494 e. The number of carbonyl (C=O) groups is 1. The van der Waals surface area contributed by atoms with Crippen LogP contribution in [-0.4, -0.2) is 44.1 Å². The van der Waals surface area contributed by atoms with E-state index in [9.17, 15) is 4.79 Å². The van der Waals surface area contributed by atoms with Crippen LogP contribution in [-0.2, 0) is 0 Å². The third kappa shape index (κ3) is 4.23. The van der Waals surface area contributed by atoms with Gasteiger partial charge in [-0.2, -0.15) is 0 Å². The SMILES string of the molecule is CCOc1ccc(C(=O)NCC2CCN(C)CC2)cc1. The van der Waals surface area contributed by atoms with Crippen molar-refractivity contribution in [2.75, 3.05) is 33.3 Å². The van der Waals surface area contributed by atoms with Crippen molar-refractivity contribution in [1.82, 2.24) is 10.2 Å². The first-order valence-corrected chi connectivity index (χ1v) is 7.38. The minimum Gasteiger partial charge on any atom is -0.494 e. The molecular formula is C16H24N2O2. The molecule has 1 aliphatic heterocycles. The molecule has 1 heterocycles. The number of hydrogen-bond donors (Lipinski definition) is 1. The zero-order chi connectivity index (χ0) is 14.4. The molecule has 1 saturated heterocycles. The highest BCUT2D eigenvalue weighted by Gasteiger charge is 2.17. The molecule has 1 N–H and O–H groups in total. The summed E-state index contributed by atoms with van der Waals surface area (Å²) < 4.78 is 5.37. The molecule has 1 fully saturated rings. The van der Waals surface area contributed by atoms with Gasteiger partial charge in [0.15, 0.2) is 0 Å². The van der Waals surface area contributed by atoms with Gasteiger partial charge in [-0.1, -0.05) is 0 Å². The van der Waals surface area contributed by atoms with Crippen LogP contribution in [0.25, 0.3) is 0 Å². The van der Waals surface area contributed by atoms with E-state index >= 15 is 0 Å². The minimum absolute atomic E-state index is 0.00646. The van der Waals surface area contributed by atoms with Gasteiger partial charge in [-0.05, 0) is 70.1 Å². The van der Waals surface area contributed by atoms with Gasteiger partial charge < -0.3 is 15.0 Å². The Morgan fingerprint density at radius 3 is 2.55 bits per heavy atom. The standard InChI is InChI=1S/C16H24N2O2/c1-3-20-15-6-4-14(5-7-15)16(19)17-12-13-8-10-18(2)11-9-13/h4-7,13H,3,8-12H2,1-2H3,(H,17,19). The predicted molar refractivity (Wildman–Crippen MR) is 80.2 cm³/mol. The summed E-state index contributed by atoms with van der Waals surface area (Å²) in [6, 6.07) is 7.31. The van der Waals surface area contributed by atoms with Crippen molar-refractivity contribution < 1.29 is 9.53 Å². The van der Waals surface area contributed by atoms with Crippen molar-refractivity contribution in [2.45, 2.75) is 19.8 Å². The number of piperidine rings is 1. The lowest BCUT2D eigenvalue weighted by molar-refractivity contribution is 0.0939. The molecule has 0 spiro atoms. The van der Waals surface area contributed by atoms with Crippen LogP contribution in [0.3, 0.4) is 0 Å². The number of rotatable bonds is 5. The van der Waals surface area contributed by atoms with Gasteiger partial charge in [0.25, 0.3) is 5.91 Å². The van der Waals surface area contributed by atoms with Crippen molar-refractivity contribution in [1.29, 1.82) is 0 Å². The van der Waals surface area contributed by atoms with E-state index in [2.05, 4.69) is 17.3 Å². The fraction of sp³-hybridized carbons (Fsp3) is 0.562. The van der Waals surface area contributed by atoms with E-state index in [0.717, 1.165) is 25.4 Å². The summed E-state index contributed by atoms with van der Waals surface area (Å²) in [7, 11) is 2.15. The molecule has 0 unspecified atom stereocenters. The molecule has 4 heteroatoms. The number of ether oxygens (including phenoxy) is 1. The van der Waals surface area contributed by atoms with Crippen molar-refractivity contribution in [2.24, 2.45) is 5.92 Å². The minimum atomic E-state index is 0.00646. The highest BCUT2D eigenvalue weighted by Crippen LogP contribution is 2.15. The molecule has 4 nitrogen and oxygen atoms in total. The van der Waals surface area contributed by atoms with Gasteiger partial charge in [0.05, 0.1) is 6.61 Å². The second kappa shape index (κ2) is 7.29. The summed E-state index contributed by atoms with van der Waals surface area (Å²) >= 11 is 0. The third-order valence-corrected chi connectivity index (χ3v) is 3.82. The Balaban J connectivity index is 1.79. The van der Waals surface area contributed by atoms with Gasteiger partial charge in [0.1, 0.15) is 5.75 Å². The number of nitrogens with one attached hydrogen (secondary N) is 1. The van der Waals surface area contributed by atoms with E-state index in [1.165, 1.54) is 12.8 Å². The maximum Gasteiger partial charge on any atom is 0.251 e. The first-order chi connectivity index (χ1) is 9.69. The Hall–Kier alpha value is -1.55. The molecule has 20 heavy (non-hydrogen) atoms. The summed E-state index contributed by atoms with van der Waals surface area (Å²) in [6.45, 7) is 5.62. The normalized spacial score (nSPS) is 16.9. The van der Waals surface area contributed by atoms with E-state index in [0.29, 0.717) is 18.1 Å². The zero-order valence-corrected chi connectivity index (χ0v) is 12.4. The van der Waals surface area contributed by atoms with Crippen LogP contribution in [0, 0.1) is 5.92 Å². The average molecular weight is 276 g/mol. The molecular weight excluding hydrogens is 252 g/mol. The zero-order valence-electron chi connectivity index (χ0n) is 12.4. The topological polar surface area (TPSA) is 41.6 Å². The number of amides is 1. The Kier molecular flexibility index (Phi) is 5.41. The molecule has 0 aromatic heterocycles. The van der Waals surface area contributed by atoms with E-state index in [1.807, 2.05) is 31.2 Å². The molecule has 1 amide bonds. The lowest BCUT2D eigenvalue weighted by atomic mass is 9.97. The molecule has 0 bridgehead atoms. The second-order valence-corrected chi connectivity index (χ2v) is 5.41. The lowest BCUT2D eigenvalue weighted by Crippen LogP contribution is -2.36. The Morgan fingerprint density at radius 1 is 1.30 bits per heavy atom. The van der Waals surface area contributed by atoms with Crippen molar-refractivity contribution >= 4 is 5.91 Å². The molecule has 0 radical (unpaired) electrons. The fourth-order valence-electron chi connectivity index (χ4n) is 2.47. The Bertz CT molecular complexity index is 423. The van der Waals surface area contributed by atoms with Gasteiger partial charge in [-0.25, -0.2) is 0 Å². The maximum absolute atomic E-state index is 12.1. The van der Waals surface area contributed by atoms with E-state index < -0.39 is 0 Å². The highest BCUT2D eigenvalue weighted by atomic mass is 16.5. The van der Waals surface area contributed by atoms with Crippen LogP contribution in [0.4, 0.5) is 0 Å².